The van der Waals surface area contributed by atoms with Gasteiger partial charge in [0.15, 0.2) is 13.9 Å². The van der Waals surface area contributed by atoms with Gasteiger partial charge < -0.3 is 13.9 Å². The molecule has 3 aromatic carbocycles. The maximum absolute atomic E-state index is 11.5. The molecule has 0 unspecified atom stereocenters. The fourth-order valence-corrected chi connectivity index (χ4v) is 9.60. The van der Waals surface area contributed by atoms with Crippen LogP contribution in [0.15, 0.2) is 52.9 Å². The summed E-state index contributed by atoms with van der Waals surface area (Å²) in [6, 6.07) is 18.7. The summed E-state index contributed by atoms with van der Waals surface area (Å²) in [6.07, 6.45) is 1.59. The van der Waals surface area contributed by atoms with E-state index >= 15 is 0 Å². The van der Waals surface area contributed by atoms with Crippen molar-refractivity contribution in [2.45, 2.75) is 78.7 Å². The highest BCUT2D eigenvalue weighted by Crippen LogP contribution is 2.40. The van der Waals surface area contributed by atoms with Gasteiger partial charge in [-0.3, -0.25) is 14.6 Å². The molecule has 5 aromatic rings. The molecule has 7 rings (SSSR count). The van der Waals surface area contributed by atoms with Crippen molar-refractivity contribution in [3.05, 3.63) is 81.4 Å². The van der Waals surface area contributed by atoms with Gasteiger partial charge in [-0.1, -0.05) is 51.1 Å². The summed E-state index contributed by atoms with van der Waals surface area (Å²) in [5.41, 5.74) is 10.1. The molecule has 2 aromatic heterocycles. The van der Waals surface area contributed by atoms with Crippen molar-refractivity contribution >= 4 is 36.7 Å². The third kappa shape index (κ3) is 7.48. The van der Waals surface area contributed by atoms with Crippen LogP contribution in [0, 0.1) is 31.1 Å². The first kappa shape index (κ1) is 37.1. The van der Waals surface area contributed by atoms with E-state index in [4.69, 9.17) is 18.8 Å². The summed E-state index contributed by atoms with van der Waals surface area (Å²) in [4.78, 5) is 27.5. The number of hydrogen-bond donors (Lipinski definition) is 1. The molecule has 1 saturated heterocycles. The van der Waals surface area contributed by atoms with Gasteiger partial charge in [-0.05, 0) is 91.0 Å². The highest BCUT2D eigenvalue weighted by atomic mass is 32.1. The molecule has 0 bridgehead atoms. The standard InChI is InChI=1S/C42H49N5O4SSi/c1-26-31(10-8-12-33(26)39-44-36-21-28(20-30(22-43)38(36)51-39)23-47-16-14-29(24-47)41(48)49)32-11-9-13-34(27(32)2)40-45-35-15-17-46(25-37(35)52-40)18-19-50-53(6,7)42(3,4)5/h8-13,20-21,29H,14-19,23-25H2,1-7H3,(H,48,49)/t29-/m0/s1. The van der Waals surface area contributed by atoms with Crippen LogP contribution in [0.25, 0.3) is 44.3 Å². The summed E-state index contributed by atoms with van der Waals surface area (Å²) in [6.45, 7) is 21.2. The number of carboxylic acid groups (broad SMARTS) is 1. The molecule has 0 aliphatic carbocycles. The molecule has 0 spiro atoms. The summed E-state index contributed by atoms with van der Waals surface area (Å²) in [7, 11) is -1.76. The Morgan fingerprint density at radius 1 is 1.04 bits per heavy atom. The number of carboxylic acids is 1. The third-order valence-corrected chi connectivity index (χ3v) is 17.3. The Kier molecular flexibility index (Phi) is 10.2. The number of aliphatic carboxylic acids is 1. The van der Waals surface area contributed by atoms with E-state index in [9.17, 15) is 15.2 Å². The van der Waals surface area contributed by atoms with Crippen LogP contribution in [0.3, 0.4) is 0 Å². The van der Waals surface area contributed by atoms with Crippen molar-refractivity contribution in [2.75, 3.05) is 32.8 Å². The highest BCUT2D eigenvalue weighted by molar-refractivity contribution is 7.15. The van der Waals surface area contributed by atoms with Crippen molar-refractivity contribution in [2.24, 2.45) is 5.92 Å². The SMILES string of the molecule is Cc1c(-c2nc3cc(CN4CC[C@H](C(=O)O)C4)cc(C#N)c3o2)cccc1-c1cccc(-c2nc3c(s2)CN(CCO[Si](C)(C)C(C)(C)C)CC3)c1C. The van der Waals surface area contributed by atoms with Crippen LogP contribution in [-0.4, -0.2) is 71.9 Å². The summed E-state index contributed by atoms with van der Waals surface area (Å²) in [5.74, 6) is -0.636. The largest absolute Gasteiger partial charge is 0.481 e. The van der Waals surface area contributed by atoms with E-state index in [-0.39, 0.29) is 11.0 Å². The molecule has 0 saturated carbocycles. The van der Waals surface area contributed by atoms with Gasteiger partial charge in [0, 0.05) is 61.8 Å². The number of hydrogen-bond acceptors (Lipinski definition) is 9. The molecule has 1 fully saturated rings. The average molecular weight is 748 g/mol. The number of fused-ring (bicyclic) bond motifs is 2. The van der Waals surface area contributed by atoms with Gasteiger partial charge in [0.1, 0.15) is 16.6 Å². The molecular formula is C42H49N5O4SSi. The Bertz CT molecular complexity index is 2230. The van der Waals surface area contributed by atoms with E-state index in [0.717, 1.165) is 71.1 Å². The maximum atomic E-state index is 11.5. The summed E-state index contributed by atoms with van der Waals surface area (Å²) in [5, 5.41) is 20.7. The molecule has 0 radical (unpaired) electrons. The molecule has 9 nitrogen and oxygen atoms in total. The molecule has 2 aliphatic rings. The molecule has 11 heteroatoms. The number of likely N-dealkylation sites (tertiary alicyclic amines) is 1. The minimum absolute atomic E-state index is 0.212. The lowest BCUT2D eigenvalue weighted by Gasteiger charge is -2.37. The topological polar surface area (TPSA) is 116 Å². The van der Waals surface area contributed by atoms with E-state index in [2.05, 4.69) is 87.8 Å². The van der Waals surface area contributed by atoms with E-state index in [1.807, 2.05) is 35.6 Å². The van der Waals surface area contributed by atoms with Crippen LogP contribution in [0.4, 0.5) is 0 Å². The number of thiazole rings is 1. The first-order valence-corrected chi connectivity index (χ1v) is 22.3. The van der Waals surface area contributed by atoms with E-state index < -0.39 is 14.3 Å². The summed E-state index contributed by atoms with van der Waals surface area (Å²) < 4.78 is 12.8. The molecule has 2 aliphatic heterocycles. The lowest BCUT2D eigenvalue weighted by Crippen LogP contribution is -2.43. The van der Waals surface area contributed by atoms with Crippen LogP contribution < -0.4 is 0 Å². The van der Waals surface area contributed by atoms with Crippen molar-refractivity contribution in [1.29, 1.82) is 5.26 Å². The second kappa shape index (κ2) is 14.6. The minimum Gasteiger partial charge on any atom is -0.481 e. The Balaban J connectivity index is 1.12. The zero-order valence-corrected chi connectivity index (χ0v) is 33.7. The Hall–Kier alpha value is -4.18. The Morgan fingerprint density at radius 3 is 2.42 bits per heavy atom. The summed E-state index contributed by atoms with van der Waals surface area (Å²) >= 11 is 1.81. The quantitative estimate of drug-likeness (QED) is 0.140. The number of rotatable bonds is 10. The monoisotopic (exact) mass is 747 g/mol. The molecule has 4 heterocycles. The maximum Gasteiger partial charge on any atom is 0.307 e. The molecule has 276 valence electrons. The highest BCUT2D eigenvalue weighted by Gasteiger charge is 2.37. The number of nitriles is 1. The normalized spacial score (nSPS) is 17.0. The second-order valence-corrected chi connectivity index (χ2v) is 22.1. The predicted octanol–water partition coefficient (Wildman–Crippen LogP) is 9.06. The van der Waals surface area contributed by atoms with Gasteiger partial charge in [0.25, 0.3) is 0 Å². The number of carbonyl (C=O) groups is 1. The van der Waals surface area contributed by atoms with Crippen LogP contribution in [-0.2, 0) is 28.7 Å². The smallest absolute Gasteiger partial charge is 0.307 e. The van der Waals surface area contributed by atoms with Crippen LogP contribution in [0.2, 0.25) is 18.1 Å². The van der Waals surface area contributed by atoms with Gasteiger partial charge in [-0.15, -0.1) is 11.3 Å². The fourth-order valence-electron chi connectivity index (χ4n) is 7.34. The zero-order chi connectivity index (χ0) is 37.7. The molecular weight excluding hydrogens is 699 g/mol. The molecule has 1 N–H and O–H groups in total. The molecule has 53 heavy (non-hydrogen) atoms. The Morgan fingerprint density at radius 2 is 1.74 bits per heavy atom. The first-order chi connectivity index (χ1) is 25.2. The van der Waals surface area contributed by atoms with E-state index in [1.165, 1.54) is 16.1 Å². The first-order valence-electron chi connectivity index (χ1n) is 18.6. The number of aromatic nitrogens is 2. The van der Waals surface area contributed by atoms with Crippen LogP contribution in [0.1, 0.15) is 60.0 Å². The van der Waals surface area contributed by atoms with Crippen molar-refractivity contribution in [3.63, 3.8) is 0 Å². The van der Waals surface area contributed by atoms with E-state index in [0.29, 0.717) is 48.6 Å². The molecule has 0 amide bonds. The Labute approximate surface area is 317 Å². The van der Waals surface area contributed by atoms with Gasteiger partial charge in [0.2, 0.25) is 5.89 Å². The van der Waals surface area contributed by atoms with Gasteiger partial charge in [-0.25, -0.2) is 9.97 Å². The van der Waals surface area contributed by atoms with Gasteiger partial charge >= 0.3 is 5.97 Å². The van der Waals surface area contributed by atoms with E-state index in [1.54, 1.807) is 0 Å². The van der Waals surface area contributed by atoms with Gasteiger partial charge in [-0.2, -0.15) is 5.26 Å². The number of benzene rings is 3. The fraction of sp³-hybridized carbons (Fsp3) is 0.429. The van der Waals surface area contributed by atoms with Gasteiger partial charge in [0.05, 0.1) is 17.2 Å². The van der Waals surface area contributed by atoms with Crippen molar-refractivity contribution in [3.8, 4) is 39.2 Å². The van der Waals surface area contributed by atoms with Crippen molar-refractivity contribution < 1.29 is 18.7 Å². The number of nitrogens with zero attached hydrogens (tertiary/aromatic N) is 5. The van der Waals surface area contributed by atoms with Crippen molar-refractivity contribution in [1.82, 2.24) is 19.8 Å². The van der Waals surface area contributed by atoms with Crippen LogP contribution in [0.5, 0.6) is 0 Å². The lowest BCUT2D eigenvalue weighted by molar-refractivity contribution is -0.141. The van der Waals surface area contributed by atoms with Crippen LogP contribution >= 0.6 is 11.3 Å². The average Bonchev–Trinajstić information content (AvgIpc) is 3.86. The lowest BCUT2D eigenvalue weighted by atomic mass is 9.91. The minimum atomic E-state index is -1.76. The second-order valence-electron chi connectivity index (χ2n) is 16.2. The number of oxazole rings is 1. The third-order valence-electron chi connectivity index (χ3n) is 11.6. The molecule has 1 atom stereocenters. The zero-order valence-electron chi connectivity index (χ0n) is 31.9. The predicted molar refractivity (Wildman–Crippen MR) is 213 cm³/mol.